The van der Waals surface area contributed by atoms with Gasteiger partial charge in [-0.3, -0.25) is 4.55 Å². The molecule has 0 fully saturated rings. The quantitative estimate of drug-likeness (QED) is 0.519. The van der Waals surface area contributed by atoms with Gasteiger partial charge in [-0.05, 0) is 47.3 Å². The molecule has 122 valence electrons. The third kappa shape index (κ3) is 3.00. The van der Waals surface area contributed by atoms with Crippen molar-refractivity contribution in [2.75, 3.05) is 0 Å². The van der Waals surface area contributed by atoms with Crippen molar-refractivity contribution >= 4 is 16.1 Å². The lowest BCUT2D eigenvalue weighted by molar-refractivity contribution is -0.680. The summed E-state index contributed by atoms with van der Waals surface area (Å²) < 4.78 is 32.7. The number of aromatic carboxylic acids is 1. The summed E-state index contributed by atoms with van der Waals surface area (Å²) in [6, 6.07) is 11.5. The predicted molar refractivity (Wildman–Crippen MR) is 79.7 cm³/mol. The molecule has 1 aromatic heterocycles. The highest BCUT2D eigenvalue weighted by molar-refractivity contribution is 7.85. The maximum Gasteiger partial charge on any atom is 0.335 e. The first-order chi connectivity index (χ1) is 11.4. The molecule has 0 amide bonds. The Morgan fingerprint density at radius 1 is 1.12 bits per heavy atom. The maximum atomic E-state index is 11.1. The van der Waals surface area contributed by atoms with Crippen LogP contribution in [0.1, 0.15) is 10.4 Å². The van der Waals surface area contributed by atoms with E-state index in [2.05, 4.69) is 10.3 Å². The number of benzene rings is 2. The summed E-state index contributed by atoms with van der Waals surface area (Å²) in [4.78, 5) is 12.2. The van der Waals surface area contributed by atoms with Gasteiger partial charge in [-0.25, -0.2) is 4.79 Å². The van der Waals surface area contributed by atoms with Gasteiger partial charge in [0.25, 0.3) is 16.4 Å². The zero-order valence-electron chi connectivity index (χ0n) is 12.0. The van der Waals surface area contributed by atoms with Crippen LogP contribution in [0.5, 0.6) is 0 Å². The average molecular weight is 347 g/mol. The molecule has 0 atom stereocenters. The van der Waals surface area contributed by atoms with E-state index in [0.717, 1.165) is 0 Å². The number of carboxylic acids is 1. The molecule has 0 unspecified atom stereocenters. The van der Waals surface area contributed by atoms with Crippen molar-refractivity contribution in [3.8, 4) is 11.4 Å². The Labute approximate surface area is 136 Å². The molecule has 2 aromatic carbocycles. The highest BCUT2D eigenvalue weighted by Gasteiger charge is 2.17. The second kappa shape index (κ2) is 5.83. The van der Waals surface area contributed by atoms with E-state index in [1.165, 1.54) is 52.2 Å². The monoisotopic (exact) mass is 347 g/mol. The Balaban J connectivity index is 2.05. The van der Waals surface area contributed by atoms with Gasteiger partial charge in [-0.1, -0.05) is 6.07 Å². The minimum atomic E-state index is -4.28. The van der Waals surface area contributed by atoms with E-state index < -0.39 is 16.1 Å². The van der Waals surface area contributed by atoms with Crippen molar-refractivity contribution in [3.63, 3.8) is 0 Å². The van der Waals surface area contributed by atoms with Crippen LogP contribution in [0.4, 0.5) is 0 Å². The van der Waals surface area contributed by atoms with E-state index in [1.54, 1.807) is 12.1 Å². The van der Waals surface area contributed by atoms with Gasteiger partial charge in [0.1, 0.15) is 16.5 Å². The SMILES string of the molecule is O=C(O)c1cccc(-[n+]2cnnn2-c2ccc(S(=O)(=O)O)cc2)c1. The number of carbonyl (C=O) groups is 1. The average Bonchev–Trinajstić information content (AvgIpc) is 3.04. The summed E-state index contributed by atoms with van der Waals surface area (Å²) in [5.74, 6) is -1.06. The lowest BCUT2D eigenvalue weighted by Crippen LogP contribution is -2.40. The van der Waals surface area contributed by atoms with Crippen molar-refractivity contribution < 1.29 is 27.6 Å². The molecule has 0 spiro atoms. The third-order valence-electron chi connectivity index (χ3n) is 3.22. The number of tetrazole rings is 1. The number of hydrogen-bond acceptors (Lipinski definition) is 5. The summed E-state index contributed by atoms with van der Waals surface area (Å²) in [7, 11) is -4.28. The summed E-state index contributed by atoms with van der Waals surface area (Å²) in [6.07, 6.45) is 1.39. The molecule has 24 heavy (non-hydrogen) atoms. The van der Waals surface area contributed by atoms with Crippen LogP contribution in [0.15, 0.2) is 59.8 Å². The fourth-order valence-corrected chi connectivity index (χ4v) is 2.58. The summed E-state index contributed by atoms with van der Waals surface area (Å²) in [5.41, 5.74) is 1.09. The van der Waals surface area contributed by atoms with Crippen LogP contribution in [0, 0.1) is 0 Å². The first kappa shape index (κ1) is 15.8. The fraction of sp³-hybridized carbons (Fsp3) is 0. The summed E-state index contributed by atoms with van der Waals surface area (Å²) >= 11 is 0. The highest BCUT2D eigenvalue weighted by Crippen LogP contribution is 2.12. The van der Waals surface area contributed by atoms with E-state index in [1.807, 2.05) is 0 Å². The highest BCUT2D eigenvalue weighted by atomic mass is 32.2. The third-order valence-corrected chi connectivity index (χ3v) is 4.09. The van der Waals surface area contributed by atoms with E-state index in [4.69, 9.17) is 9.66 Å². The molecule has 10 heteroatoms. The molecule has 2 N–H and O–H groups in total. The smallest absolute Gasteiger partial charge is 0.335 e. The predicted octanol–water partition coefficient (Wildman–Crippen LogP) is 0.489. The lowest BCUT2D eigenvalue weighted by Gasteiger charge is -2.04. The van der Waals surface area contributed by atoms with Crippen LogP contribution in [0.25, 0.3) is 11.4 Å². The van der Waals surface area contributed by atoms with Crippen LogP contribution in [-0.4, -0.2) is 39.2 Å². The van der Waals surface area contributed by atoms with E-state index >= 15 is 0 Å². The van der Waals surface area contributed by atoms with Crippen LogP contribution in [0.2, 0.25) is 0 Å². The Kier molecular flexibility index (Phi) is 3.83. The first-order valence-corrected chi connectivity index (χ1v) is 8.04. The zero-order chi connectivity index (χ0) is 17.3. The van der Waals surface area contributed by atoms with E-state index in [9.17, 15) is 13.2 Å². The van der Waals surface area contributed by atoms with E-state index in [0.29, 0.717) is 11.4 Å². The van der Waals surface area contributed by atoms with Gasteiger partial charge in [-0.2, -0.15) is 8.42 Å². The molecule has 1 heterocycles. The molecule has 0 saturated heterocycles. The number of rotatable bonds is 4. The van der Waals surface area contributed by atoms with Crippen LogP contribution in [0.3, 0.4) is 0 Å². The van der Waals surface area contributed by atoms with Crippen molar-refractivity contribution in [2.24, 2.45) is 0 Å². The van der Waals surface area contributed by atoms with Gasteiger partial charge in [0, 0.05) is 0 Å². The minimum Gasteiger partial charge on any atom is -0.478 e. The van der Waals surface area contributed by atoms with Crippen LogP contribution in [-0.2, 0) is 10.1 Å². The zero-order valence-corrected chi connectivity index (χ0v) is 12.8. The van der Waals surface area contributed by atoms with Crippen LogP contribution < -0.4 is 4.68 Å². The molecule has 0 bridgehead atoms. The molecule has 0 aliphatic rings. The van der Waals surface area contributed by atoms with Gasteiger partial charge < -0.3 is 5.11 Å². The van der Waals surface area contributed by atoms with Gasteiger partial charge >= 0.3 is 5.97 Å². The second-order valence-electron chi connectivity index (χ2n) is 4.78. The molecule has 9 nitrogen and oxygen atoms in total. The van der Waals surface area contributed by atoms with E-state index in [-0.39, 0.29) is 10.5 Å². The number of hydrogen-bond donors (Lipinski definition) is 2. The maximum absolute atomic E-state index is 11.1. The second-order valence-corrected chi connectivity index (χ2v) is 6.20. The fourth-order valence-electron chi connectivity index (χ4n) is 2.10. The lowest BCUT2D eigenvalue weighted by atomic mass is 10.2. The normalized spacial score (nSPS) is 11.4. The number of aromatic nitrogens is 4. The number of carboxylic acid groups (broad SMARTS) is 1. The van der Waals surface area contributed by atoms with Crippen molar-refractivity contribution in [1.29, 1.82) is 0 Å². The van der Waals surface area contributed by atoms with Crippen LogP contribution >= 0.6 is 0 Å². The van der Waals surface area contributed by atoms with Gasteiger partial charge in [-0.15, -0.1) is 4.68 Å². The molecule has 3 aromatic rings. The van der Waals surface area contributed by atoms with Gasteiger partial charge in [0.05, 0.1) is 10.5 Å². The topological polar surface area (TPSA) is 126 Å². The number of nitrogens with zero attached hydrogens (tertiary/aromatic N) is 4. The molecule has 0 aliphatic carbocycles. The molecular weight excluding hydrogens is 336 g/mol. The van der Waals surface area contributed by atoms with Gasteiger partial charge in [0.2, 0.25) is 0 Å². The summed E-state index contributed by atoms with van der Waals surface area (Å²) in [6.45, 7) is 0. The Hall–Kier alpha value is -3.11. The molecule has 0 saturated carbocycles. The minimum absolute atomic E-state index is 0.106. The Morgan fingerprint density at radius 2 is 1.83 bits per heavy atom. The molecule has 3 rings (SSSR count). The molecular formula is C14H11N4O5S+. The Bertz CT molecular complexity index is 1010. The van der Waals surface area contributed by atoms with Crippen molar-refractivity contribution in [3.05, 3.63) is 60.4 Å². The van der Waals surface area contributed by atoms with Gasteiger partial charge in [0.15, 0.2) is 5.21 Å². The van der Waals surface area contributed by atoms with Crippen molar-refractivity contribution in [2.45, 2.75) is 4.90 Å². The first-order valence-electron chi connectivity index (χ1n) is 6.60. The Morgan fingerprint density at radius 3 is 2.46 bits per heavy atom. The summed E-state index contributed by atoms with van der Waals surface area (Å²) in [5, 5.41) is 16.8. The standard InChI is InChI=1S/C14H10N4O5S/c19-14(20)10-2-1-3-12(8-10)17-9-15-16-18(17)11-4-6-13(7-5-11)24(21,22)23/h1-9H,(H-,19,20,21,22,23)/p+1. The van der Waals surface area contributed by atoms with Crippen molar-refractivity contribution in [1.82, 2.24) is 15.1 Å². The molecule has 0 aliphatic heterocycles. The largest absolute Gasteiger partial charge is 0.478 e. The molecule has 0 radical (unpaired) electrons.